The number of primary amides is 1. The first-order valence-corrected chi connectivity index (χ1v) is 7.65. The van der Waals surface area contributed by atoms with Crippen LogP contribution in [-0.2, 0) is 0 Å². The van der Waals surface area contributed by atoms with E-state index < -0.39 is 6.09 Å². The van der Waals surface area contributed by atoms with Crippen LogP contribution in [0.5, 0.6) is 5.75 Å². The molecule has 0 spiro atoms. The number of hydrogen-bond acceptors (Lipinski definition) is 3. The molecule has 2 aromatic carbocycles. The van der Waals surface area contributed by atoms with Crippen molar-refractivity contribution >= 4 is 6.09 Å². The van der Waals surface area contributed by atoms with Gasteiger partial charge in [-0.05, 0) is 44.0 Å². The lowest BCUT2D eigenvalue weighted by Crippen LogP contribution is -2.17. The van der Waals surface area contributed by atoms with E-state index in [0.29, 0.717) is 5.75 Å². The molecule has 0 aliphatic carbocycles. The zero-order valence-electron chi connectivity index (χ0n) is 13.9. The molecule has 24 heavy (non-hydrogen) atoms. The Morgan fingerprint density at radius 2 is 1.83 bits per heavy atom. The van der Waals surface area contributed by atoms with Crippen molar-refractivity contribution in [3.05, 3.63) is 65.4 Å². The van der Waals surface area contributed by atoms with E-state index in [2.05, 4.69) is 37.1 Å². The Kier molecular flexibility index (Phi) is 4.08. The second-order valence-electron chi connectivity index (χ2n) is 5.83. The Balaban J connectivity index is 1.97. The SMILES string of the molecule is Cc1ccc(-c2ccn(-c3ccc(C)c(OC(N)=O)c3)n2)c(C)c1. The first-order chi connectivity index (χ1) is 11.4. The lowest BCUT2D eigenvalue weighted by Gasteiger charge is -2.08. The number of rotatable bonds is 3. The Morgan fingerprint density at radius 1 is 1.04 bits per heavy atom. The van der Waals surface area contributed by atoms with Crippen LogP contribution < -0.4 is 10.5 Å². The van der Waals surface area contributed by atoms with Gasteiger partial charge in [0.25, 0.3) is 0 Å². The third-order valence-electron chi connectivity index (χ3n) is 3.89. The molecule has 5 nitrogen and oxygen atoms in total. The summed E-state index contributed by atoms with van der Waals surface area (Å²) in [5.41, 5.74) is 11.1. The fourth-order valence-corrected chi connectivity index (χ4v) is 2.66. The summed E-state index contributed by atoms with van der Waals surface area (Å²) in [6.07, 6.45) is 1.06. The van der Waals surface area contributed by atoms with Crippen molar-refractivity contribution in [3.8, 4) is 22.7 Å². The first kappa shape index (κ1) is 15.8. The number of ether oxygens (including phenoxy) is 1. The molecule has 0 unspecified atom stereocenters. The van der Waals surface area contributed by atoms with Crippen molar-refractivity contribution in [2.24, 2.45) is 5.73 Å². The molecule has 3 aromatic rings. The minimum absolute atomic E-state index is 0.434. The van der Waals surface area contributed by atoms with Gasteiger partial charge in [0.05, 0.1) is 11.4 Å². The number of carbonyl (C=O) groups excluding carboxylic acids is 1. The number of aromatic nitrogens is 2. The van der Waals surface area contributed by atoms with Gasteiger partial charge in [0.2, 0.25) is 0 Å². The number of aryl methyl sites for hydroxylation is 3. The maximum atomic E-state index is 11.0. The quantitative estimate of drug-likeness (QED) is 0.795. The van der Waals surface area contributed by atoms with Gasteiger partial charge in [0.1, 0.15) is 5.75 Å². The molecule has 0 radical (unpaired) electrons. The summed E-state index contributed by atoms with van der Waals surface area (Å²) >= 11 is 0. The van der Waals surface area contributed by atoms with Crippen LogP contribution in [0.3, 0.4) is 0 Å². The Labute approximate surface area is 140 Å². The van der Waals surface area contributed by atoms with E-state index in [1.807, 2.05) is 31.3 Å². The molecule has 3 rings (SSSR count). The molecule has 0 saturated carbocycles. The summed E-state index contributed by atoms with van der Waals surface area (Å²) in [6, 6.07) is 13.8. The summed E-state index contributed by atoms with van der Waals surface area (Å²) in [5, 5.41) is 4.64. The van der Waals surface area contributed by atoms with Crippen LogP contribution in [0.1, 0.15) is 16.7 Å². The summed E-state index contributed by atoms with van der Waals surface area (Å²) in [6.45, 7) is 6.00. The van der Waals surface area contributed by atoms with Crippen LogP contribution in [0.4, 0.5) is 4.79 Å². The number of benzene rings is 2. The van der Waals surface area contributed by atoms with Crippen LogP contribution in [-0.4, -0.2) is 15.9 Å². The lowest BCUT2D eigenvalue weighted by atomic mass is 10.0. The Hall–Kier alpha value is -3.08. The van der Waals surface area contributed by atoms with E-state index >= 15 is 0 Å². The van der Waals surface area contributed by atoms with Gasteiger partial charge in [0, 0.05) is 17.8 Å². The third kappa shape index (κ3) is 3.15. The highest BCUT2D eigenvalue weighted by Crippen LogP contribution is 2.25. The molecule has 0 bridgehead atoms. The predicted molar refractivity (Wildman–Crippen MR) is 93.4 cm³/mol. The van der Waals surface area contributed by atoms with Crippen molar-refractivity contribution in [2.75, 3.05) is 0 Å². The Morgan fingerprint density at radius 3 is 2.54 bits per heavy atom. The molecule has 0 saturated heterocycles. The van der Waals surface area contributed by atoms with Crippen molar-refractivity contribution in [2.45, 2.75) is 20.8 Å². The molecular weight excluding hydrogens is 302 g/mol. The lowest BCUT2D eigenvalue weighted by molar-refractivity contribution is 0.210. The molecular formula is C19H19N3O2. The number of nitrogens with zero attached hydrogens (tertiary/aromatic N) is 2. The summed E-state index contributed by atoms with van der Waals surface area (Å²) in [7, 11) is 0. The number of amides is 1. The van der Waals surface area contributed by atoms with E-state index in [-0.39, 0.29) is 0 Å². The predicted octanol–water partition coefficient (Wildman–Crippen LogP) is 3.92. The van der Waals surface area contributed by atoms with E-state index in [1.54, 1.807) is 10.7 Å². The van der Waals surface area contributed by atoms with Gasteiger partial charge >= 0.3 is 6.09 Å². The standard InChI is InChI=1S/C19H19N3O2/c1-12-4-7-16(14(3)10-12)17-8-9-22(21-17)15-6-5-13(2)18(11-15)24-19(20)23/h4-11H,1-3H3,(H2,20,23). The zero-order chi connectivity index (χ0) is 17.3. The number of hydrogen-bond donors (Lipinski definition) is 1. The van der Waals surface area contributed by atoms with Crippen molar-refractivity contribution in [1.29, 1.82) is 0 Å². The van der Waals surface area contributed by atoms with Crippen molar-refractivity contribution < 1.29 is 9.53 Å². The van der Waals surface area contributed by atoms with Gasteiger partial charge in [-0.2, -0.15) is 5.10 Å². The molecule has 0 fully saturated rings. The van der Waals surface area contributed by atoms with Crippen LogP contribution in [0, 0.1) is 20.8 Å². The molecule has 1 aromatic heterocycles. The third-order valence-corrected chi connectivity index (χ3v) is 3.89. The van der Waals surface area contributed by atoms with E-state index in [0.717, 1.165) is 22.5 Å². The average Bonchev–Trinajstić information content (AvgIpc) is 2.98. The minimum Gasteiger partial charge on any atom is -0.410 e. The highest BCUT2D eigenvalue weighted by Gasteiger charge is 2.09. The maximum Gasteiger partial charge on any atom is 0.409 e. The highest BCUT2D eigenvalue weighted by molar-refractivity contribution is 5.69. The normalized spacial score (nSPS) is 10.6. The van der Waals surface area contributed by atoms with Gasteiger partial charge in [-0.25, -0.2) is 9.48 Å². The van der Waals surface area contributed by atoms with Crippen molar-refractivity contribution in [1.82, 2.24) is 9.78 Å². The molecule has 1 amide bonds. The van der Waals surface area contributed by atoms with Gasteiger partial charge < -0.3 is 10.5 Å². The van der Waals surface area contributed by atoms with Crippen LogP contribution in [0.2, 0.25) is 0 Å². The molecule has 0 aliphatic heterocycles. The van der Waals surface area contributed by atoms with Gasteiger partial charge in [-0.15, -0.1) is 0 Å². The summed E-state index contributed by atoms with van der Waals surface area (Å²) in [4.78, 5) is 11.0. The fraction of sp³-hybridized carbons (Fsp3) is 0.158. The first-order valence-electron chi connectivity index (χ1n) is 7.65. The summed E-state index contributed by atoms with van der Waals surface area (Å²) < 4.78 is 6.78. The maximum absolute atomic E-state index is 11.0. The van der Waals surface area contributed by atoms with Crippen LogP contribution >= 0.6 is 0 Å². The molecule has 0 atom stereocenters. The highest BCUT2D eigenvalue weighted by atomic mass is 16.5. The second kappa shape index (κ2) is 6.20. The van der Waals surface area contributed by atoms with E-state index in [1.165, 1.54) is 11.1 Å². The molecule has 5 heteroatoms. The molecule has 2 N–H and O–H groups in total. The van der Waals surface area contributed by atoms with Crippen LogP contribution in [0.25, 0.3) is 16.9 Å². The molecule has 0 aliphatic rings. The van der Waals surface area contributed by atoms with Gasteiger partial charge in [0.15, 0.2) is 0 Å². The summed E-state index contributed by atoms with van der Waals surface area (Å²) in [5.74, 6) is 0.434. The minimum atomic E-state index is -0.827. The smallest absolute Gasteiger partial charge is 0.409 e. The van der Waals surface area contributed by atoms with Crippen molar-refractivity contribution in [3.63, 3.8) is 0 Å². The molecule has 122 valence electrons. The number of carbonyl (C=O) groups is 1. The van der Waals surface area contributed by atoms with Gasteiger partial charge in [-0.3, -0.25) is 0 Å². The average molecular weight is 321 g/mol. The monoisotopic (exact) mass is 321 g/mol. The fourth-order valence-electron chi connectivity index (χ4n) is 2.66. The Bertz CT molecular complexity index is 913. The van der Waals surface area contributed by atoms with Crippen LogP contribution in [0.15, 0.2) is 48.7 Å². The van der Waals surface area contributed by atoms with E-state index in [9.17, 15) is 4.79 Å². The number of nitrogens with two attached hydrogens (primary N) is 1. The second-order valence-corrected chi connectivity index (χ2v) is 5.83. The molecule has 1 heterocycles. The topological polar surface area (TPSA) is 70.1 Å². The largest absolute Gasteiger partial charge is 0.410 e. The van der Waals surface area contributed by atoms with Gasteiger partial charge in [-0.1, -0.05) is 29.8 Å². The zero-order valence-corrected chi connectivity index (χ0v) is 13.9. The van der Waals surface area contributed by atoms with E-state index in [4.69, 9.17) is 10.5 Å².